The molecular formula is C28H31N5O3. The Morgan fingerprint density at radius 2 is 1.67 bits per heavy atom. The van der Waals surface area contributed by atoms with Crippen LogP contribution in [0.15, 0.2) is 54.6 Å². The SMILES string of the molecule is CC(=O)N1CCN(c2nc3c(c(-c4ccccc4C)n2)C(=O)N(Cc2ccccc2)CCCO3)CC1. The quantitative estimate of drug-likeness (QED) is 0.563. The summed E-state index contributed by atoms with van der Waals surface area (Å²) in [6.45, 7) is 7.66. The van der Waals surface area contributed by atoms with Crippen molar-refractivity contribution in [2.75, 3.05) is 44.2 Å². The molecule has 2 aromatic carbocycles. The van der Waals surface area contributed by atoms with Crippen LogP contribution in [0.3, 0.4) is 0 Å². The van der Waals surface area contributed by atoms with Crippen LogP contribution in [0.25, 0.3) is 11.3 Å². The summed E-state index contributed by atoms with van der Waals surface area (Å²) in [5.74, 6) is 0.801. The third-order valence-corrected chi connectivity index (χ3v) is 6.80. The molecule has 0 bridgehead atoms. The number of anilines is 1. The zero-order valence-corrected chi connectivity index (χ0v) is 20.8. The second kappa shape index (κ2) is 10.4. The first-order valence-electron chi connectivity index (χ1n) is 12.5. The molecule has 0 N–H and O–H groups in total. The lowest BCUT2D eigenvalue weighted by Gasteiger charge is -2.35. The van der Waals surface area contributed by atoms with E-state index in [2.05, 4.69) is 4.90 Å². The first kappa shape index (κ1) is 23.8. The molecule has 186 valence electrons. The molecule has 5 rings (SSSR count). The van der Waals surface area contributed by atoms with Gasteiger partial charge in [0.1, 0.15) is 5.56 Å². The van der Waals surface area contributed by atoms with E-state index in [1.807, 2.05) is 71.3 Å². The third kappa shape index (κ3) is 4.89. The fourth-order valence-electron chi connectivity index (χ4n) is 4.76. The Labute approximate surface area is 211 Å². The Kier molecular flexibility index (Phi) is 6.84. The lowest BCUT2D eigenvalue weighted by atomic mass is 10.0. The Balaban J connectivity index is 1.58. The zero-order chi connectivity index (χ0) is 25.1. The van der Waals surface area contributed by atoms with Crippen molar-refractivity contribution in [3.63, 3.8) is 0 Å². The maximum absolute atomic E-state index is 14.0. The van der Waals surface area contributed by atoms with Gasteiger partial charge in [-0.05, 0) is 24.5 Å². The maximum Gasteiger partial charge on any atom is 0.261 e. The average Bonchev–Trinajstić information content (AvgIpc) is 2.89. The van der Waals surface area contributed by atoms with Crippen molar-refractivity contribution in [1.82, 2.24) is 19.8 Å². The Bertz CT molecular complexity index is 1260. The smallest absolute Gasteiger partial charge is 0.261 e. The molecule has 0 radical (unpaired) electrons. The highest BCUT2D eigenvalue weighted by atomic mass is 16.5. The minimum Gasteiger partial charge on any atom is -0.477 e. The molecule has 3 aromatic rings. The van der Waals surface area contributed by atoms with Crippen molar-refractivity contribution in [1.29, 1.82) is 0 Å². The largest absolute Gasteiger partial charge is 0.477 e. The molecule has 36 heavy (non-hydrogen) atoms. The lowest BCUT2D eigenvalue weighted by Crippen LogP contribution is -2.48. The third-order valence-electron chi connectivity index (χ3n) is 6.80. The first-order chi connectivity index (χ1) is 17.5. The van der Waals surface area contributed by atoms with E-state index in [0.717, 1.165) is 16.7 Å². The second-order valence-corrected chi connectivity index (χ2v) is 9.27. The van der Waals surface area contributed by atoms with E-state index in [-0.39, 0.29) is 11.8 Å². The minimum absolute atomic E-state index is 0.0711. The van der Waals surface area contributed by atoms with Crippen LogP contribution in [0, 0.1) is 6.92 Å². The molecule has 0 saturated carbocycles. The number of carbonyl (C=O) groups is 2. The van der Waals surface area contributed by atoms with Crippen LogP contribution < -0.4 is 9.64 Å². The van der Waals surface area contributed by atoms with Crippen LogP contribution in [0.1, 0.15) is 34.8 Å². The zero-order valence-electron chi connectivity index (χ0n) is 20.8. The van der Waals surface area contributed by atoms with Crippen molar-refractivity contribution in [3.05, 3.63) is 71.3 Å². The number of ether oxygens (including phenoxy) is 1. The molecule has 0 aliphatic carbocycles. The van der Waals surface area contributed by atoms with E-state index in [0.29, 0.717) is 75.4 Å². The topological polar surface area (TPSA) is 78.9 Å². The molecule has 1 fully saturated rings. The normalized spacial score (nSPS) is 16.2. The molecule has 1 aromatic heterocycles. The van der Waals surface area contributed by atoms with Gasteiger partial charge in [-0.2, -0.15) is 4.98 Å². The van der Waals surface area contributed by atoms with Gasteiger partial charge in [0.05, 0.1) is 12.3 Å². The van der Waals surface area contributed by atoms with E-state index < -0.39 is 0 Å². The van der Waals surface area contributed by atoms with Crippen molar-refractivity contribution in [2.24, 2.45) is 0 Å². The number of fused-ring (bicyclic) bond motifs is 1. The number of aryl methyl sites for hydroxylation is 1. The van der Waals surface area contributed by atoms with Gasteiger partial charge in [0.15, 0.2) is 0 Å². The Morgan fingerprint density at radius 1 is 0.944 bits per heavy atom. The summed E-state index contributed by atoms with van der Waals surface area (Å²) in [6, 6.07) is 18.0. The van der Waals surface area contributed by atoms with Crippen LogP contribution in [0.4, 0.5) is 5.95 Å². The van der Waals surface area contributed by atoms with Gasteiger partial charge in [-0.25, -0.2) is 4.98 Å². The number of hydrogen-bond donors (Lipinski definition) is 0. The number of carbonyl (C=O) groups excluding carboxylic acids is 2. The van der Waals surface area contributed by atoms with Crippen LogP contribution in [0.2, 0.25) is 0 Å². The molecule has 8 heteroatoms. The van der Waals surface area contributed by atoms with E-state index in [4.69, 9.17) is 14.7 Å². The van der Waals surface area contributed by atoms with Crippen molar-refractivity contribution >= 4 is 17.8 Å². The van der Waals surface area contributed by atoms with E-state index in [1.165, 1.54) is 0 Å². The maximum atomic E-state index is 14.0. The molecule has 2 amide bonds. The summed E-state index contributed by atoms with van der Waals surface area (Å²) < 4.78 is 6.10. The fraction of sp³-hybridized carbons (Fsp3) is 0.357. The highest BCUT2D eigenvalue weighted by Gasteiger charge is 2.31. The van der Waals surface area contributed by atoms with Crippen LogP contribution in [-0.4, -0.2) is 70.9 Å². The molecule has 8 nitrogen and oxygen atoms in total. The molecule has 0 atom stereocenters. The fourth-order valence-corrected chi connectivity index (χ4v) is 4.76. The number of hydrogen-bond acceptors (Lipinski definition) is 6. The molecule has 2 aliphatic heterocycles. The van der Waals surface area contributed by atoms with E-state index in [1.54, 1.807) is 6.92 Å². The second-order valence-electron chi connectivity index (χ2n) is 9.27. The predicted molar refractivity (Wildman–Crippen MR) is 138 cm³/mol. The molecule has 3 heterocycles. The number of piperazine rings is 1. The van der Waals surface area contributed by atoms with Gasteiger partial charge in [0.25, 0.3) is 5.91 Å². The Hall–Kier alpha value is -3.94. The summed E-state index contributed by atoms with van der Waals surface area (Å²) >= 11 is 0. The highest BCUT2D eigenvalue weighted by Crippen LogP contribution is 2.34. The minimum atomic E-state index is -0.125. The van der Waals surface area contributed by atoms with Gasteiger partial charge < -0.3 is 19.4 Å². The van der Waals surface area contributed by atoms with Crippen LogP contribution in [0.5, 0.6) is 5.88 Å². The first-order valence-corrected chi connectivity index (χ1v) is 12.5. The summed E-state index contributed by atoms with van der Waals surface area (Å²) in [5.41, 5.74) is 3.98. The number of aromatic nitrogens is 2. The molecule has 2 aliphatic rings. The number of rotatable bonds is 4. The van der Waals surface area contributed by atoms with E-state index >= 15 is 0 Å². The van der Waals surface area contributed by atoms with Crippen molar-refractivity contribution < 1.29 is 14.3 Å². The number of nitrogens with zero attached hydrogens (tertiary/aromatic N) is 5. The van der Waals surface area contributed by atoms with E-state index in [9.17, 15) is 9.59 Å². The molecular weight excluding hydrogens is 454 g/mol. The van der Waals surface area contributed by atoms with Crippen LogP contribution in [-0.2, 0) is 11.3 Å². The average molecular weight is 486 g/mol. The van der Waals surface area contributed by atoms with Gasteiger partial charge in [-0.15, -0.1) is 0 Å². The highest BCUT2D eigenvalue weighted by molar-refractivity contribution is 6.02. The summed E-state index contributed by atoms with van der Waals surface area (Å²) in [5, 5.41) is 0. The van der Waals surface area contributed by atoms with Gasteiger partial charge in [-0.1, -0.05) is 54.6 Å². The standard InChI is InChI=1S/C28H31N5O3/c1-20-9-6-7-12-23(20)25-24-26(30-28(29-25)32-16-14-31(15-17-32)21(2)34)36-18-8-13-33(27(24)35)19-22-10-4-3-5-11-22/h3-7,9-12H,8,13-19H2,1-2H3. The molecule has 0 unspecified atom stereocenters. The summed E-state index contributed by atoms with van der Waals surface area (Å²) in [6.07, 6.45) is 0.717. The number of benzene rings is 2. The van der Waals surface area contributed by atoms with Crippen molar-refractivity contribution in [3.8, 4) is 17.1 Å². The monoisotopic (exact) mass is 485 g/mol. The lowest BCUT2D eigenvalue weighted by molar-refractivity contribution is -0.129. The number of amides is 2. The van der Waals surface area contributed by atoms with Gasteiger partial charge in [0.2, 0.25) is 17.7 Å². The van der Waals surface area contributed by atoms with Crippen molar-refractivity contribution in [2.45, 2.75) is 26.8 Å². The Morgan fingerprint density at radius 3 is 2.39 bits per heavy atom. The van der Waals surface area contributed by atoms with Crippen LogP contribution >= 0.6 is 0 Å². The predicted octanol–water partition coefficient (Wildman–Crippen LogP) is 3.55. The molecule has 0 spiro atoms. The van der Waals surface area contributed by atoms with Gasteiger partial charge in [-0.3, -0.25) is 9.59 Å². The van der Waals surface area contributed by atoms with Gasteiger partial charge in [0, 0.05) is 51.8 Å². The summed E-state index contributed by atoms with van der Waals surface area (Å²) in [7, 11) is 0. The van der Waals surface area contributed by atoms with Gasteiger partial charge >= 0.3 is 0 Å². The summed E-state index contributed by atoms with van der Waals surface area (Å²) in [4.78, 5) is 41.3. The molecule has 1 saturated heterocycles.